The van der Waals surface area contributed by atoms with Gasteiger partial charge in [-0.05, 0) is 36.8 Å². The van der Waals surface area contributed by atoms with Crippen molar-refractivity contribution in [2.24, 2.45) is 0 Å². The van der Waals surface area contributed by atoms with Gasteiger partial charge < -0.3 is 4.55 Å². The van der Waals surface area contributed by atoms with Gasteiger partial charge in [0, 0.05) is 35.1 Å². The normalized spacial score (nSPS) is 13.0. The zero-order valence-corrected chi connectivity index (χ0v) is 14.3. The summed E-state index contributed by atoms with van der Waals surface area (Å²) in [6, 6.07) is 9.54. The summed E-state index contributed by atoms with van der Waals surface area (Å²) in [5.41, 5.74) is 1.13. The van der Waals surface area contributed by atoms with E-state index in [1.165, 1.54) is 10.8 Å². The fourth-order valence-corrected chi connectivity index (χ4v) is 2.87. The summed E-state index contributed by atoms with van der Waals surface area (Å²) in [4.78, 5) is 7.83. The highest BCUT2D eigenvalue weighted by Crippen LogP contribution is 2.32. The number of hydrogen-bond donors (Lipinski definition) is 0. The molecule has 0 saturated carbocycles. The molecular formula is C17H13F3N3O2S-. The Kier molecular flexibility index (Phi) is 4.92. The maximum absolute atomic E-state index is 13.1. The van der Waals surface area contributed by atoms with E-state index in [1.54, 1.807) is 43.3 Å². The van der Waals surface area contributed by atoms with Gasteiger partial charge in [0.2, 0.25) is 0 Å². The molecule has 0 bridgehead atoms. The van der Waals surface area contributed by atoms with Crippen LogP contribution in [0.15, 0.2) is 48.8 Å². The lowest BCUT2D eigenvalue weighted by Gasteiger charge is -2.10. The molecule has 3 aromatic rings. The average Bonchev–Trinajstić information content (AvgIpc) is 3.01. The molecule has 1 unspecified atom stereocenters. The number of aryl methyl sites for hydroxylation is 1. The number of halogens is 3. The molecule has 136 valence electrons. The van der Waals surface area contributed by atoms with Crippen LogP contribution in [0.25, 0.3) is 17.1 Å². The minimum atomic E-state index is -4.59. The second-order valence-corrected chi connectivity index (χ2v) is 6.52. The molecule has 0 radical (unpaired) electrons. The van der Waals surface area contributed by atoms with E-state index >= 15 is 0 Å². The molecule has 2 aromatic heterocycles. The first-order valence-electron chi connectivity index (χ1n) is 7.49. The standard InChI is InChI=1S/C17H14F3N3O2S/c1-11-2-5-13(8-21-11)16-22-15(17(18,19)20)9-23(16)14-6-3-12(4-7-14)10-26(24)25/h2-9H,10H2,1H3,(H,24,25)/p-1. The third-order valence-electron chi connectivity index (χ3n) is 3.66. The number of alkyl halides is 3. The maximum Gasteiger partial charge on any atom is 0.434 e. The number of benzene rings is 1. The SMILES string of the molecule is Cc1ccc(-c2nc(C(F)(F)F)cn2-c2ccc(CS(=O)[O-])cc2)cn1. The van der Waals surface area contributed by atoms with Gasteiger partial charge in [0.15, 0.2) is 5.69 Å². The summed E-state index contributed by atoms with van der Waals surface area (Å²) < 4.78 is 62.2. The van der Waals surface area contributed by atoms with E-state index in [-0.39, 0.29) is 11.6 Å². The highest BCUT2D eigenvalue weighted by molar-refractivity contribution is 7.78. The molecular weight excluding hydrogens is 367 g/mol. The molecule has 0 amide bonds. The van der Waals surface area contributed by atoms with Crippen LogP contribution in [-0.2, 0) is 23.0 Å². The highest BCUT2D eigenvalue weighted by atomic mass is 32.2. The van der Waals surface area contributed by atoms with Gasteiger partial charge in [-0.25, -0.2) is 4.98 Å². The quantitative estimate of drug-likeness (QED) is 0.648. The molecule has 0 N–H and O–H groups in total. The number of nitrogens with zero attached hydrogens (tertiary/aromatic N) is 3. The molecule has 0 spiro atoms. The monoisotopic (exact) mass is 380 g/mol. The summed E-state index contributed by atoms with van der Waals surface area (Å²) in [6.45, 7) is 1.77. The van der Waals surface area contributed by atoms with Crippen LogP contribution in [-0.4, -0.2) is 23.3 Å². The van der Waals surface area contributed by atoms with Gasteiger partial charge in [0.1, 0.15) is 5.82 Å². The molecule has 9 heteroatoms. The van der Waals surface area contributed by atoms with Gasteiger partial charge in [-0.1, -0.05) is 23.2 Å². The summed E-state index contributed by atoms with van der Waals surface area (Å²) in [5, 5.41) is 0. The predicted octanol–water partition coefficient (Wildman–Crippen LogP) is 3.64. The molecule has 0 aliphatic carbocycles. The highest BCUT2D eigenvalue weighted by Gasteiger charge is 2.35. The summed E-state index contributed by atoms with van der Waals surface area (Å²) in [7, 11) is 0. The molecule has 0 aliphatic heterocycles. The maximum atomic E-state index is 13.1. The van der Waals surface area contributed by atoms with Crippen molar-refractivity contribution in [1.29, 1.82) is 0 Å². The Bertz CT molecular complexity index is 935. The van der Waals surface area contributed by atoms with Crippen LogP contribution in [0.2, 0.25) is 0 Å². The van der Waals surface area contributed by atoms with E-state index in [4.69, 9.17) is 0 Å². The molecule has 0 saturated heterocycles. The Balaban J connectivity index is 2.08. The first-order valence-corrected chi connectivity index (χ1v) is 8.73. The minimum Gasteiger partial charge on any atom is -0.772 e. The molecule has 1 aromatic carbocycles. The summed E-state index contributed by atoms with van der Waals surface area (Å²) in [6.07, 6.45) is -2.21. The van der Waals surface area contributed by atoms with Crippen LogP contribution in [0, 0.1) is 6.92 Å². The fourth-order valence-electron chi connectivity index (χ4n) is 2.41. The first-order chi connectivity index (χ1) is 12.2. The van der Waals surface area contributed by atoms with E-state index in [0.29, 0.717) is 16.8 Å². The predicted molar refractivity (Wildman–Crippen MR) is 89.2 cm³/mol. The van der Waals surface area contributed by atoms with E-state index in [1.807, 2.05) is 0 Å². The third kappa shape index (κ3) is 4.00. The fraction of sp³-hybridized carbons (Fsp3) is 0.176. The molecule has 0 aliphatic rings. The third-order valence-corrected chi connectivity index (χ3v) is 4.23. The summed E-state index contributed by atoms with van der Waals surface area (Å²) in [5.74, 6) is -0.0581. The van der Waals surface area contributed by atoms with E-state index < -0.39 is 23.0 Å². The van der Waals surface area contributed by atoms with Crippen molar-refractivity contribution in [2.75, 3.05) is 0 Å². The minimum absolute atomic E-state index is 0.102. The van der Waals surface area contributed by atoms with Gasteiger partial charge >= 0.3 is 6.18 Å². The number of imidazole rings is 1. The molecule has 2 heterocycles. The number of pyridine rings is 1. The number of hydrogen-bond acceptors (Lipinski definition) is 4. The van der Waals surface area contributed by atoms with Gasteiger partial charge in [-0.2, -0.15) is 13.2 Å². The Morgan fingerprint density at radius 2 is 1.85 bits per heavy atom. The van der Waals surface area contributed by atoms with Gasteiger partial charge in [0.25, 0.3) is 0 Å². The lowest BCUT2D eigenvalue weighted by molar-refractivity contribution is -0.140. The van der Waals surface area contributed by atoms with Crippen molar-refractivity contribution in [1.82, 2.24) is 14.5 Å². The topological polar surface area (TPSA) is 70.8 Å². The van der Waals surface area contributed by atoms with Crippen LogP contribution < -0.4 is 0 Å². The van der Waals surface area contributed by atoms with Crippen molar-refractivity contribution in [2.45, 2.75) is 18.9 Å². The van der Waals surface area contributed by atoms with Gasteiger partial charge in [-0.3, -0.25) is 13.8 Å². The number of rotatable bonds is 4. The lowest BCUT2D eigenvalue weighted by Crippen LogP contribution is -2.05. The van der Waals surface area contributed by atoms with Crippen LogP contribution in [0.5, 0.6) is 0 Å². The smallest absolute Gasteiger partial charge is 0.434 e. The molecule has 3 rings (SSSR count). The second-order valence-electron chi connectivity index (χ2n) is 5.62. The average molecular weight is 380 g/mol. The molecule has 5 nitrogen and oxygen atoms in total. The van der Waals surface area contributed by atoms with Crippen LogP contribution >= 0.6 is 0 Å². The Morgan fingerprint density at radius 3 is 2.38 bits per heavy atom. The first kappa shape index (κ1) is 18.3. The van der Waals surface area contributed by atoms with Crippen LogP contribution in [0.1, 0.15) is 17.0 Å². The zero-order chi connectivity index (χ0) is 18.9. The lowest BCUT2D eigenvalue weighted by atomic mass is 10.2. The van der Waals surface area contributed by atoms with Crippen molar-refractivity contribution < 1.29 is 21.9 Å². The Labute approximate surface area is 149 Å². The molecule has 0 fully saturated rings. The van der Waals surface area contributed by atoms with Crippen molar-refractivity contribution >= 4 is 11.1 Å². The number of aromatic nitrogens is 3. The summed E-state index contributed by atoms with van der Waals surface area (Å²) >= 11 is -2.24. The molecule has 1 atom stereocenters. The largest absolute Gasteiger partial charge is 0.772 e. The van der Waals surface area contributed by atoms with Crippen molar-refractivity contribution in [3.63, 3.8) is 0 Å². The van der Waals surface area contributed by atoms with Crippen LogP contribution in [0.4, 0.5) is 13.2 Å². The second kappa shape index (κ2) is 7.00. The Morgan fingerprint density at radius 1 is 1.15 bits per heavy atom. The van der Waals surface area contributed by atoms with Crippen LogP contribution in [0.3, 0.4) is 0 Å². The van der Waals surface area contributed by atoms with Crippen molar-refractivity contribution in [3.05, 3.63) is 65.7 Å². The molecule has 26 heavy (non-hydrogen) atoms. The van der Waals surface area contributed by atoms with Crippen molar-refractivity contribution in [3.8, 4) is 17.1 Å². The zero-order valence-electron chi connectivity index (χ0n) is 13.5. The van der Waals surface area contributed by atoms with E-state index in [9.17, 15) is 21.9 Å². The van der Waals surface area contributed by atoms with Gasteiger partial charge in [-0.15, -0.1) is 0 Å². The van der Waals surface area contributed by atoms with Gasteiger partial charge in [0.05, 0.1) is 0 Å². The van der Waals surface area contributed by atoms with E-state index in [0.717, 1.165) is 11.9 Å². The van der Waals surface area contributed by atoms with E-state index in [2.05, 4.69) is 9.97 Å². The Hall–Kier alpha value is -2.52.